The molecule has 0 saturated heterocycles. The molecule has 0 bridgehead atoms. The van der Waals surface area contributed by atoms with Gasteiger partial charge in [-0.3, -0.25) is 0 Å². The third-order valence-electron chi connectivity index (χ3n) is 3.03. The van der Waals surface area contributed by atoms with Gasteiger partial charge in [0.05, 0.1) is 31.3 Å². The van der Waals surface area contributed by atoms with Crippen molar-refractivity contribution in [3.8, 4) is 17.6 Å². The highest BCUT2D eigenvalue weighted by Gasteiger charge is 2.16. The molecule has 2 aromatic rings. The van der Waals surface area contributed by atoms with Crippen molar-refractivity contribution in [2.75, 3.05) is 14.2 Å². The van der Waals surface area contributed by atoms with E-state index in [4.69, 9.17) is 14.7 Å². The van der Waals surface area contributed by atoms with E-state index < -0.39 is 0 Å². The van der Waals surface area contributed by atoms with Crippen molar-refractivity contribution in [2.24, 2.45) is 0 Å². The van der Waals surface area contributed by atoms with Crippen LogP contribution >= 0.6 is 0 Å². The summed E-state index contributed by atoms with van der Waals surface area (Å²) >= 11 is 0. The summed E-state index contributed by atoms with van der Waals surface area (Å²) in [6.45, 7) is 4.40. The van der Waals surface area contributed by atoms with Gasteiger partial charge in [-0.1, -0.05) is 13.8 Å². The fourth-order valence-corrected chi connectivity index (χ4v) is 2.15. The smallest absolute Gasteiger partial charge is 0.163 e. The average molecular weight is 259 g/mol. The zero-order valence-electron chi connectivity index (χ0n) is 11.6. The van der Waals surface area contributed by atoms with E-state index in [0.717, 1.165) is 16.9 Å². The van der Waals surface area contributed by atoms with Crippen molar-refractivity contribution < 1.29 is 9.47 Å². The van der Waals surface area contributed by atoms with Gasteiger partial charge in [-0.25, -0.2) is 4.98 Å². The first-order valence-corrected chi connectivity index (χ1v) is 6.11. The van der Waals surface area contributed by atoms with E-state index in [9.17, 15) is 0 Å². The summed E-state index contributed by atoms with van der Waals surface area (Å²) in [5.74, 6) is 2.43. The van der Waals surface area contributed by atoms with Crippen molar-refractivity contribution >= 4 is 11.0 Å². The molecule has 1 aromatic carbocycles. The maximum atomic E-state index is 8.98. The molecular formula is C14H17N3O2. The van der Waals surface area contributed by atoms with Gasteiger partial charge in [0.1, 0.15) is 12.4 Å². The lowest BCUT2D eigenvalue weighted by Gasteiger charge is -2.09. The maximum absolute atomic E-state index is 8.98. The van der Waals surface area contributed by atoms with Crippen LogP contribution in [0.2, 0.25) is 0 Å². The standard InChI is InChI=1S/C14H17N3O2/c1-9(2)14-16-10-7-12(18-3)13(19-4)8-11(10)17(14)6-5-15/h7-9H,6H2,1-4H3. The first-order valence-electron chi connectivity index (χ1n) is 6.11. The summed E-state index contributed by atoms with van der Waals surface area (Å²) in [5, 5.41) is 8.98. The summed E-state index contributed by atoms with van der Waals surface area (Å²) < 4.78 is 12.5. The minimum absolute atomic E-state index is 0.248. The fourth-order valence-electron chi connectivity index (χ4n) is 2.15. The third-order valence-corrected chi connectivity index (χ3v) is 3.03. The van der Waals surface area contributed by atoms with Gasteiger partial charge in [0.25, 0.3) is 0 Å². The predicted octanol–water partition coefficient (Wildman–Crippen LogP) is 2.70. The molecule has 0 atom stereocenters. The lowest BCUT2D eigenvalue weighted by Crippen LogP contribution is -2.04. The first-order chi connectivity index (χ1) is 9.12. The van der Waals surface area contributed by atoms with Crippen molar-refractivity contribution in [2.45, 2.75) is 26.3 Å². The van der Waals surface area contributed by atoms with E-state index in [-0.39, 0.29) is 12.5 Å². The Kier molecular flexibility index (Phi) is 3.61. The van der Waals surface area contributed by atoms with Crippen LogP contribution in [0.4, 0.5) is 0 Å². The topological polar surface area (TPSA) is 60.1 Å². The molecule has 5 heteroatoms. The number of nitrogens with zero attached hydrogens (tertiary/aromatic N) is 3. The Morgan fingerprint density at radius 1 is 1.26 bits per heavy atom. The fraction of sp³-hybridized carbons (Fsp3) is 0.429. The van der Waals surface area contributed by atoms with Gasteiger partial charge in [0, 0.05) is 18.1 Å². The largest absolute Gasteiger partial charge is 0.493 e. The quantitative estimate of drug-likeness (QED) is 0.847. The molecule has 2 rings (SSSR count). The number of fused-ring (bicyclic) bond motifs is 1. The second-order valence-electron chi connectivity index (χ2n) is 4.56. The molecule has 1 aromatic heterocycles. The van der Waals surface area contributed by atoms with Crippen molar-refractivity contribution in [1.82, 2.24) is 9.55 Å². The normalized spacial score (nSPS) is 10.7. The molecular weight excluding hydrogens is 242 g/mol. The van der Waals surface area contributed by atoms with Crippen molar-refractivity contribution in [3.05, 3.63) is 18.0 Å². The van der Waals surface area contributed by atoms with Crippen LogP contribution in [0, 0.1) is 11.3 Å². The highest BCUT2D eigenvalue weighted by atomic mass is 16.5. The van der Waals surface area contributed by atoms with Gasteiger partial charge in [-0.15, -0.1) is 0 Å². The molecule has 0 N–H and O–H groups in total. The van der Waals surface area contributed by atoms with Gasteiger partial charge in [0.2, 0.25) is 0 Å². The van der Waals surface area contributed by atoms with E-state index in [1.165, 1.54) is 0 Å². The molecule has 1 heterocycles. The zero-order valence-corrected chi connectivity index (χ0v) is 11.6. The Bertz CT molecular complexity index is 638. The SMILES string of the molecule is COc1cc2nc(C(C)C)n(CC#N)c2cc1OC. The second kappa shape index (κ2) is 5.19. The van der Waals surface area contributed by atoms with E-state index in [1.54, 1.807) is 14.2 Å². The van der Waals surface area contributed by atoms with Crippen LogP contribution < -0.4 is 9.47 Å². The highest BCUT2D eigenvalue weighted by molar-refractivity contribution is 5.81. The van der Waals surface area contributed by atoms with E-state index in [2.05, 4.69) is 24.9 Å². The number of hydrogen-bond acceptors (Lipinski definition) is 4. The minimum atomic E-state index is 0.248. The van der Waals surface area contributed by atoms with Gasteiger partial charge in [0.15, 0.2) is 11.5 Å². The van der Waals surface area contributed by atoms with Crippen LogP contribution in [0.1, 0.15) is 25.6 Å². The Morgan fingerprint density at radius 3 is 2.42 bits per heavy atom. The lowest BCUT2D eigenvalue weighted by molar-refractivity contribution is 0.355. The minimum Gasteiger partial charge on any atom is -0.493 e. The predicted molar refractivity (Wildman–Crippen MR) is 72.5 cm³/mol. The molecule has 0 spiro atoms. The monoisotopic (exact) mass is 259 g/mol. The number of hydrogen-bond donors (Lipinski definition) is 0. The summed E-state index contributed by atoms with van der Waals surface area (Å²) in [7, 11) is 3.19. The number of nitriles is 1. The van der Waals surface area contributed by atoms with Crippen molar-refractivity contribution in [3.63, 3.8) is 0 Å². The van der Waals surface area contributed by atoms with Crippen LogP contribution in [0.15, 0.2) is 12.1 Å². The van der Waals surface area contributed by atoms with Crippen molar-refractivity contribution in [1.29, 1.82) is 5.26 Å². The molecule has 0 amide bonds. The van der Waals surface area contributed by atoms with Gasteiger partial charge in [-0.2, -0.15) is 5.26 Å². The Labute approximate surface area is 112 Å². The molecule has 0 aliphatic carbocycles. The van der Waals surface area contributed by atoms with Crippen LogP contribution in [0.3, 0.4) is 0 Å². The maximum Gasteiger partial charge on any atom is 0.163 e. The van der Waals surface area contributed by atoms with Gasteiger partial charge < -0.3 is 14.0 Å². The van der Waals surface area contributed by atoms with Crippen LogP contribution in [0.5, 0.6) is 11.5 Å². The van der Waals surface area contributed by atoms with Gasteiger partial charge >= 0.3 is 0 Å². The van der Waals surface area contributed by atoms with Gasteiger partial charge in [-0.05, 0) is 0 Å². The van der Waals surface area contributed by atoms with E-state index in [1.807, 2.05) is 16.7 Å². The second-order valence-corrected chi connectivity index (χ2v) is 4.56. The molecule has 0 unspecified atom stereocenters. The Balaban J connectivity index is 2.73. The molecule has 100 valence electrons. The average Bonchev–Trinajstić information content (AvgIpc) is 2.76. The number of benzene rings is 1. The Morgan fingerprint density at radius 2 is 1.89 bits per heavy atom. The summed E-state index contributed by atoms with van der Waals surface area (Å²) in [6.07, 6.45) is 0. The Hall–Kier alpha value is -2.22. The number of ether oxygens (including phenoxy) is 2. The summed E-state index contributed by atoms with van der Waals surface area (Å²) in [4.78, 5) is 4.59. The first kappa shape index (κ1) is 13.2. The molecule has 5 nitrogen and oxygen atoms in total. The molecule has 0 fully saturated rings. The molecule has 0 aliphatic heterocycles. The number of methoxy groups -OCH3 is 2. The highest BCUT2D eigenvalue weighted by Crippen LogP contribution is 2.33. The summed E-state index contributed by atoms with van der Waals surface area (Å²) in [5.41, 5.74) is 1.71. The lowest BCUT2D eigenvalue weighted by atomic mass is 10.2. The summed E-state index contributed by atoms with van der Waals surface area (Å²) in [6, 6.07) is 5.88. The van der Waals surface area contributed by atoms with Crippen LogP contribution in [0.25, 0.3) is 11.0 Å². The van der Waals surface area contributed by atoms with Crippen LogP contribution in [-0.2, 0) is 6.54 Å². The molecule has 19 heavy (non-hydrogen) atoms. The number of aromatic nitrogens is 2. The van der Waals surface area contributed by atoms with Crippen LogP contribution in [-0.4, -0.2) is 23.8 Å². The number of imidazole rings is 1. The molecule has 0 aliphatic rings. The molecule has 0 radical (unpaired) electrons. The van der Waals surface area contributed by atoms with E-state index in [0.29, 0.717) is 11.5 Å². The zero-order chi connectivity index (χ0) is 14.0. The number of rotatable bonds is 4. The molecule has 0 saturated carbocycles. The third kappa shape index (κ3) is 2.22. The van der Waals surface area contributed by atoms with E-state index >= 15 is 0 Å².